The Hall–Kier alpha value is -4.30. The summed E-state index contributed by atoms with van der Waals surface area (Å²) < 4.78 is 4.72. The molecule has 44 heavy (non-hydrogen) atoms. The van der Waals surface area contributed by atoms with Crippen molar-refractivity contribution >= 4 is 46.4 Å². The summed E-state index contributed by atoms with van der Waals surface area (Å²) in [5.74, 6) is 0.981. The number of benzene rings is 3. The van der Waals surface area contributed by atoms with Gasteiger partial charge in [0.05, 0.1) is 24.9 Å². The van der Waals surface area contributed by atoms with E-state index in [-0.39, 0.29) is 11.9 Å². The predicted molar refractivity (Wildman–Crippen MR) is 182 cm³/mol. The first kappa shape index (κ1) is 31.1. The molecular weight excluding hydrogens is 568 g/mol. The van der Waals surface area contributed by atoms with E-state index in [4.69, 9.17) is 9.72 Å². The van der Waals surface area contributed by atoms with Crippen LogP contribution in [0.1, 0.15) is 52.7 Å². The molecule has 0 spiro atoms. The number of amides is 1. The van der Waals surface area contributed by atoms with Crippen LogP contribution in [0.15, 0.2) is 79.0 Å². The highest BCUT2D eigenvalue weighted by molar-refractivity contribution is 7.98. The van der Waals surface area contributed by atoms with Gasteiger partial charge in [0.15, 0.2) is 0 Å². The molecule has 0 bridgehead atoms. The average molecular weight is 609 g/mol. The molecule has 0 unspecified atom stereocenters. The molecule has 1 aliphatic heterocycles. The first-order valence-electron chi connectivity index (χ1n) is 15.1. The number of hydrogen-bond donors (Lipinski definition) is 2. The minimum atomic E-state index is -0.214. The molecule has 3 aromatic carbocycles. The number of thioether (sulfide) groups is 1. The molecule has 4 aromatic rings. The number of anilines is 4. The van der Waals surface area contributed by atoms with Gasteiger partial charge in [0.25, 0.3) is 5.91 Å². The summed E-state index contributed by atoms with van der Waals surface area (Å²) >= 11 is 1.64. The highest BCUT2D eigenvalue weighted by Gasteiger charge is 2.17. The average Bonchev–Trinajstić information content (AvgIpc) is 3.05. The molecule has 0 aliphatic carbocycles. The summed E-state index contributed by atoms with van der Waals surface area (Å²) in [5.41, 5.74) is 9.54. The molecule has 228 valence electrons. The van der Waals surface area contributed by atoms with Crippen LogP contribution in [0.5, 0.6) is 0 Å². The number of hydrogen-bond acceptors (Lipinski definition) is 7. The molecule has 0 saturated carbocycles. The first-order chi connectivity index (χ1) is 21.4. The second-order valence-corrected chi connectivity index (χ2v) is 12.3. The van der Waals surface area contributed by atoms with Crippen molar-refractivity contribution in [3.05, 3.63) is 101 Å². The van der Waals surface area contributed by atoms with Crippen LogP contribution in [0.25, 0.3) is 11.3 Å². The van der Waals surface area contributed by atoms with Crippen LogP contribution in [-0.2, 0) is 15.3 Å². The maximum atomic E-state index is 13.5. The van der Waals surface area contributed by atoms with E-state index in [1.165, 1.54) is 37.5 Å². The molecule has 1 fully saturated rings. The zero-order chi connectivity index (χ0) is 30.9. The lowest BCUT2D eigenvalue weighted by atomic mass is 10.0. The molecule has 1 aromatic heterocycles. The number of nitrogens with one attached hydrogen (secondary N) is 2. The molecule has 2 N–H and O–H groups in total. The number of carbonyl (C=O) groups excluding carboxylic acids is 2. The summed E-state index contributed by atoms with van der Waals surface area (Å²) in [6, 6.07) is 24.2. The molecule has 5 rings (SSSR count). The van der Waals surface area contributed by atoms with Crippen molar-refractivity contribution in [3.8, 4) is 11.3 Å². The third kappa shape index (κ3) is 8.20. The van der Waals surface area contributed by atoms with Crippen LogP contribution in [0.2, 0.25) is 0 Å². The van der Waals surface area contributed by atoms with Gasteiger partial charge < -0.3 is 20.3 Å². The fraction of sp³-hybridized carbons (Fsp3) is 0.306. The van der Waals surface area contributed by atoms with E-state index in [1.807, 2.05) is 42.5 Å². The summed E-state index contributed by atoms with van der Waals surface area (Å²) in [6.45, 7) is 6.27. The maximum absolute atomic E-state index is 13.5. The van der Waals surface area contributed by atoms with Crippen LogP contribution in [0.3, 0.4) is 0 Å². The highest BCUT2D eigenvalue weighted by atomic mass is 32.2. The number of rotatable bonds is 11. The monoisotopic (exact) mass is 608 g/mol. The van der Waals surface area contributed by atoms with Gasteiger partial charge in [0, 0.05) is 59.0 Å². The first-order valence-corrected chi connectivity index (χ1v) is 16.3. The quantitative estimate of drug-likeness (QED) is 0.131. The fourth-order valence-electron chi connectivity index (χ4n) is 5.29. The van der Waals surface area contributed by atoms with Gasteiger partial charge in [0.2, 0.25) is 0 Å². The lowest BCUT2D eigenvalue weighted by Gasteiger charge is -2.29. The van der Waals surface area contributed by atoms with Crippen LogP contribution >= 0.6 is 11.8 Å². The molecule has 7 nitrogen and oxygen atoms in total. The third-order valence-corrected chi connectivity index (χ3v) is 8.97. The van der Waals surface area contributed by atoms with Gasteiger partial charge in [-0.1, -0.05) is 18.2 Å². The molecule has 8 heteroatoms. The maximum Gasteiger partial charge on any atom is 0.306 e. The number of aryl methyl sites for hydroxylation is 2. The Morgan fingerprint density at radius 3 is 2.52 bits per heavy atom. The normalized spacial score (nSPS) is 12.9. The molecule has 2 heterocycles. The largest absolute Gasteiger partial charge is 0.469 e. The van der Waals surface area contributed by atoms with Crippen LogP contribution in [0, 0.1) is 13.8 Å². The zero-order valence-corrected chi connectivity index (χ0v) is 26.5. The topological polar surface area (TPSA) is 83.6 Å². The Morgan fingerprint density at radius 2 is 1.73 bits per heavy atom. The van der Waals surface area contributed by atoms with E-state index in [0.717, 1.165) is 47.0 Å². The van der Waals surface area contributed by atoms with Crippen molar-refractivity contribution in [1.82, 2.24) is 4.98 Å². The SMILES string of the molecule is COC(=O)CCSCc1cccc(C(=O)Nc2ccc(N3CCCCC3)cc2-c2cc(Nc3ccc(C)c(C)c3)ccn2)c1. The molecule has 0 radical (unpaired) electrons. The molecule has 0 atom stereocenters. The van der Waals surface area contributed by atoms with E-state index >= 15 is 0 Å². The number of aromatic nitrogens is 1. The predicted octanol–water partition coefficient (Wildman–Crippen LogP) is 8.15. The zero-order valence-electron chi connectivity index (χ0n) is 25.7. The Morgan fingerprint density at radius 1 is 0.909 bits per heavy atom. The van der Waals surface area contributed by atoms with Crippen molar-refractivity contribution in [3.63, 3.8) is 0 Å². The Balaban J connectivity index is 1.39. The number of pyridine rings is 1. The smallest absolute Gasteiger partial charge is 0.306 e. The van der Waals surface area contributed by atoms with E-state index < -0.39 is 0 Å². The van der Waals surface area contributed by atoms with Gasteiger partial charge in [-0.05, 0) is 104 Å². The summed E-state index contributed by atoms with van der Waals surface area (Å²) in [7, 11) is 1.40. The van der Waals surface area contributed by atoms with Gasteiger partial charge in [-0.25, -0.2) is 0 Å². The van der Waals surface area contributed by atoms with Crippen molar-refractivity contribution in [2.45, 2.75) is 45.3 Å². The van der Waals surface area contributed by atoms with Crippen LogP contribution in [0.4, 0.5) is 22.7 Å². The van der Waals surface area contributed by atoms with Crippen LogP contribution < -0.4 is 15.5 Å². The van der Waals surface area contributed by atoms with E-state index in [0.29, 0.717) is 29.2 Å². The van der Waals surface area contributed by atoms with Gasteiger partial charge in [-0.2, -0.15) is 11.8 Å². The van der Waals surface area contributed by atoms with E-state index in [9.17, 15) is 9.59 Å². The number of piperidine rings is 1. The van der Waals surface area contributed by atoms with Crippen LogP contribution in [-0.4, -0.2) is 42.8 Å². The van der Waals surface area contributed by atoms with Gasteiger partial charge in [-0.3, -0.25) is 14.6 Å². The number of ether oxygens (including phenoxy) is 1. The molecule has 1 aliphatic rings. The Bertz CT molecular complexity index is 1620. The minimum Gasteiger partial charge on any atom is -0.469 e. The number of esters is 1. The number of carbonyl (C=O) groups is 2. The number of nitrogens with zero attached hydrogens (tertiary/aromatic N) is 2. The van der Waals surface area contributed by atoms with E-state index in [2.05, 4.69) is 59.7 Å². The van der Waals surface area contributed by atoms with Crippen molar-refractivity contribution in [2.75, 3.05) is 41.5 Å². The molecule has 1 amide bonds. The van der Waals surface area contributed by atoms with E-state index in [1.54, 1.807) is 18.0 Å². The second-order valence-electron chi connectivity index (χ2n) is 11.2. The number of methoxy groups -OCH3 is 1. The molecule has 1 saturated heterocycles. The molecular formula is C36H40N4O3S. The Labute approximate surface area is 264 Å². The lowest BCUT2D eigenvalue weighted by molar-refractivity contribution is -0.140. The summed E-state index contributed by atoms with van der Waals surface area (Å²) in [5, 5.41) is 6.69. The van der Waals surface area contributed by atoms with Crippen molar-refractivity contribution in [1.29, 1.82) is 0 Å². The standard InChI is InChI=1S/C36H40N4O3S/c1-25-10-11-29(20-26(25)2)38-30-14-16-37-34(22-30)32-23-31(40-17-5-4-6-18-40)12-13-33(32)39-36(42)28-9-7-8-27(21-28)24-44-19-15-35(41)43-3/h7-14,16,20-23H,4-6,15,17-19,24H2,1-3H3,(H,37,38)(H,39,42). The minimum absolute atomic E-state index is 0.178. The lowest BCUT2D eigenvalue weighted by Crippen LogP contribution is -2.29. The summed E-state index contributed by atoms with van der Waals surface area (Å²) in [4.78, 5) is 32.1. The van der Waals surface area contributed by atoms with Crippen molar-refractivity contribution < 1.29 is 14.3 Å². The van der Waals surface area contributed by atoms with Gasteiger partial charge >= 0.3 is 5.97 Å². The highest BCUT2D eigenvalue weighted by Crippen LogP contribution is 2.34. The van der Waals surface area contributed by atoms with Crippen molar-refractivity contribution in [2.24, 2.45) is 0 Å². The van der Waals surface area contributed by atoms with Gasteiger partial charge in [0.1, 0.15) is 0 Å². The second kappa shape index (κ2) is 14.9. The van der Waals surface area contributed by atoms with Gasteiger partial charge in [-0.15, -0.1) is 0 Å². The Kier molecular flexibility index (Phi) is 10.6. The fourth-order valence-corrected chi connectivity index (χ4v) is 6.16. The summed E-state index contributed by atoms with van der Waals surface area (Å²) in [6.07, 6.45) is 5.79. The third-order valence-electron chi connectivity index (χ3n) is 7.94.